The van der Waals surface area contributed by atoms with Gasteiger partial charge in [-0.15, -0.1) is 0 Å². The number of aliphatic hydroxyl groups is 1. The van der Waals surface area contributed by atoms with E-state index in [9.17, 15) is 9.90 Å². The smallest absolute Gasteiger partial charge is 0.227 e. The number of benzene rings is 1. The second-order valence-corrected chi connectivity index (χ2v) is 6.35. The monoisotopic (exact) mass is 330 g/mol. The number of aliphatic hydroxyl groups excluding tert-OH is 1. The molecule has 1 aromatic rings. The van der Waals surface area contributed by atoms with Crippen LogP contribution in [0.25, 0.3) is 0 Å². The van der Waals surface area contributed by atoms with Crippen LogP contribution in [0.5, 0.6) is 0 Å². The van der Waals surface area contributed by atoms with Gasteiger partial charge in [0.1, 0.15) is 0 Å². The SMILES string of the molecule is CN1CC[C@H](O)[C@H](C(=O)NCCc2ccc(Cl)cc2Cl)C1. The number of hydrogen-bond donors (Lipinski definition) is 2. The van der Waals surface area contributed by atoms with E-state index in [0.717, 1.165) is 12.1 Å². The average Bonchev–Trinajstić information content (AvgIpc) is 2.43. The van der Waals surface area contributed by atoms with E-state index in [1.54, 1.807) is 12.1 Å². The van der Waals surface area contributed by atoms with Crippen LogP contribution < -0.4 is 5.32 Å². The molecule has 0 bridgehead atoms. The van der Waals surface area contributed by atoms with Gasteiger partial charge >= 0.3 is 0 Å². The van der Waals surface area contributed by atoms with Crippen molar-refractivity contribution in [2.24, 2.45) is 5.92 Å². The first-order valence-corrected chi connectivity index (χ1v) is 7.81. The number of halogens is 2. The molecular formula is C15H20Cl2N2O2. The molecule has 1 aliphatic heterocycles. The van der Waals surface area contributed by atoms with Crippen molar-refractivity contribution in [1.29, 1.82) is 0 Å². The maximum absolute atomic E-state index is 12.1. The van der Waals surface area contributed by atoms with Crippen LogP contribution in [-0.4, -0.2) is 48.7 Å². The number of carbonyl (C=O) groups is 1. The lowest BCUT2D eigenvalue weighted by molar-refractivity contribution is -0.131. The van der Waals surface area contributed by atoms with E-state index in [-0.39, 0.29) is 11.8 Å². The molecule has 1 aliphatic rings. The van der Waals surface area contributed by atoms with E-state index >= 15 is 0 Å². The van der Waals surface area contributed by atoms with Crippen LogP contribution in [0.4, 0.5) is 0 Å². The zero-order valence-corrected chi connectivity index (χ0v) is 13.5. The summed E-state index contributed by atoms with van der Waals surface area (Å²) in [6.07, 6.45) is 0.721. The fourth-order valence-electron chi connectivity index (χ4n) is 2.54. The molecule has 1 aromatic carbocycles. The highest BCUT2D eigenvalue weighted by molar-refractivity contribution is 6.35. The maximum Gasteiger partial charge on any atom is 0.227 e. The first-order chi connectivity index (χ1) is 9.97. The third-order valence-electron chi connectivity index (χ3n) is 3.82. The number of amides is 1. The lowest BCUT2D eigenvalue weighted by Gasteiger charge is -2.32. The number of carbonyl (C=O) groups excluding carboxylic acids is 1. The number of piperidine rings is 1. The minimum Gasteiger partial charge on any atom is -0.392 e. The second-order valence-electron chi connectivity index (χ2n) is 5.50. The molecule has 6 heteroatoms. The largest absolute Gasteiger partial charge is 0.392 e. The van der Waals surface area contributed by atoms with Gasteiger partial charge in [-0.2, -0.15) is 0 Å². The van der Waals surface area contributed by atoms with Crippen LogP contribution in [0.15, 0.2) is 18.2 Å². The minimum absolute atomic E-state index is 0.0980. The molecule has 1 saturated heterocycles. The third-order valence-corrected chi connectivity index (χ3v) is 4.41. The molecule has 1 amide bonds. The van der Waals surface area contributed by atoms with Crippen molar-refractivity contribution in [3.8, 4) is 0 Å². The van der Waals surface area contributed by atoms with E-state index in [1.807, 2.05) is 13.1 Å². The Morgan fingerprint density at radius 3 is 2.95 bits per heavy atom. The van der Waals surface area contributed by atoms with Gasteiger partial charge in [0.2, 0.25) is 5.91 Å². The lowest BCUT2D eigenvalue weighted by Crippen LogP contribution is -2.49. The minimum atomic E-state index is -0.555. The van der Waals surface area contributed by atoms with Gasteiger partial charge < -0.3 is 15.3 Å². The predicted molar refractivity (Wildman–Crippen MR) is 84.8 cm³/mol. The van der Waals surface area contributed by atoms with Crippen LogP contribution in [0, 0.1) is 5.92 Å². The number of likely N-dealkylation sites (tertiary alicyclic amines) is 1. The van der Waals surface area contributed by atoms with Gasteiger partial charge in [-0.3, -0.25) is 4.79 Å². The highest BCUT2D eigenvalue weighted by Crippen LogP contribution is 2.21. The molecule has 116 valence electrons. The van der Waals surface area contributed by atoms with E-state index in [1.165, 1.54) is 0 Å². The molecule has 0 aromatic heterocycles. The Morgan fingerprint density at radius 2 is 2.24 bits per heavy atom. The molecule has 21 heavy (non-hydrogen) atoms. The van der Waals surface area contributed by atoms with Crippen LogP contribution in [0.3, 0.4) is 0 Å². The molecule has 4 nitrogen and oxygen atoms in total. The first-order valence-electron chi connectivity index (χ1n) is 7.05. The molecular weight excluding hydrogens is 311 g/mol. The summed E-state index contributed by atoms with van der Waals surface area (Å²) < 4.78 is 0. The summed E-state index contributed by atoms with van der Waals surface area (Å²) in [7, 11) is 1.96. The Labute approximate surface area is 135 Å². The average molecular weight is 331 g/mol. The van der Waals surface area contributed by atoms with Gasteiger partial charge in [0.05, 0.1) is 12.0 Å². The van der Waals surface area contributed by atoms with E-state index in [4.69, 9.17) is 23.2 Å². The first kappa shape index (κ1) is 16.6. The summed E-state index contributed by atoms with van der Waals surface area (Å²) in [4.78, 5) is 14.2. The molecule has 0 unspecified atom stereocenters. The number of hydrogen-bond acceptors (Lipinski definition) is 3. The van der Waals surface area contributed by atoms with Crippen LogP contribution in [0.1, 0.15) is 12.0 Å². The topological polar surface area (TPSA) is 52.6 Å². The van der Waals surface area contributed by atoms with Crippen molar-refractivity contribution in [2.45, 2.75) is 18.9 Å². The normalized spacial score (nSPS) is 23.0. The van der Waals surface area contributed by atoms with Gasteiger partial charge in [-0.1, -0.05) is 29.3 Å². The van der Waals surface area contributed by atoms with Gasteiger partial charge in [0, 0.05) is 29.7 Å². The summed E-state index contributed by atoms with van der Waals surface area (Å²) in [6.45, 7) is 1.91. The van der Waals surface area contributed by atoms with Crippen molar-refractivity contribution < 1.29 is 9.90 Å². The van der Waals surface area contributed by atoms with Gasteiger partial charge in [0.25, 0.3) is 0 Å². The van der Waals surface area contributed by atoms with E-state index < -0.39 is 6.10 Å². The molecule has 1 heterocycles. The summed E-state index contributed by atoms with van der Waals surface area (Å²) in [5.41, 5.74) is 0.947. The van der Waals surface area contributed by atoms with Crippen molar-refractivity contribution in [3.05, 3.63) is 33.8 Å². The lowest BCUT2D eigenvalue weighted by atomic mass is 9.94. The summed E-state index contributed by atoms with van der Waals surface area (Å²) >= 11 is 11.9. The number of nitrogens with zero attached hydrogens (tertiary/aromatic N) is 1. The quantitative estimate of drug-likeness (QED) is 0.887. The van der Waals surface area contributed by atoms with Crippen molar-refractivity contribution in [3.63, 3.8) is 0 Å². The Morgan fingerprint density at radius 1 is 1.48 bits per heavy atom. The fourth-order valence-corrected chi connectivity index (χ4v) is 3.04. The Balaban J connectivity index is 1.83. The van der Waals surface area contributed by atoms with Crippen molar-refractivity contribution in [2.75, 3.05) is 26.7 Å². The highest BCUT2D eigenvalue weighted by Gasteiger charge is 2.31. The summed E-state index contributed by atoms with van der Waals surface area (Å²) in [5, 5.41) is 14.0. The molecule has 0 aliphatic carbocycles. The van der Waals surface area contributed by atoms with Crippen LogP contribution in [-0.2, 0) is 11.2 Å². The molecule has 2 N–H and O–H groups in total. The van der Waals surface area contributed by atoms with Crippen molar-refractivity contribution in [1.82, 2.24) is 10.2 Å². The standard InChI is InChI=1S/C15H20Cl2N2O2/c1-19-7-5-14(20)12(9-19)15(21)18-6-4-10-2-3-11(16)8-13(10)17/h2-3,8,12,14,20H,4-7,9H2,1H3,(H,18,21)/t12-,14+/m1/s1. The van der Waals surface area contributed by atoms with Crippen molar-refractivity contribution >= 4 is 29.1 Å². The second kappa shape index (κ2) is 7.45. The van der Waals surface area contributed by atoms with Crippen LogP contribution >= 0.6 is 23.2 Å². The predicted octanol–water partition coefficient (Wildman–Crippen LogP) is 1.96. The maximum atomic E-state index is 12.1. The van der Waals surface area contributed by atoms with E-state index in [2.05, 4.69) is 10.2 Å². The zero-order chi connectivity index (χ0) is 15.4. The highest BCUT2D eigenvalue weighted by atomic mass is 35.5. The molecule has 2 atom stereocenters. The Hall–Kier alpha value is -0.810. The van der Waals surface area contributed by atoms with Gasteiger partial charge in [-0.05, 0) is 37.6 Å². The van der Waals surface area contributed by atoms with E-state index in [0.29, 0.717) is 36.0 Å². The number of nitrogens with one attached hydrogen (secondary N) is 1. The molecule has 0 spiro atoms. The summed E-state index contributed by atoms with van der Waals surface area (Å²) in [6, 6.07) is 5.34. The zero-order valence-electron chi connectivity index (χ0n) is 12.0. The number of rotatable bonds is 4. The molecule has 0 radical (unpaired) electrons. The fraction of sp³-hybridized carbons (Fsp3) is 0.533. The van der Waals surface area contributed by atoms with Crippen LogP contribution in [0.2, 0.25) is 10.0 Å². The molecule has 2 rings (SSSR count). The Kier molecular flexibility index (Phi) is 5.88. The third kappa shape index (κ3) is 4.58. The molecule has 1 fully saturated rings. The Bertz CT molecular complexity index is 510. The summed E-state index contributed by atoms with van der Waals surface area (Å²) in [5.74, 6) is -0.455. The molecule has 0 saturated carbocycles. The van der Waals surface area contributed by atoms with Gasteiger partial charge in [-0.25, -0.2) is 0 Å². The van der Waals surface area contributed by atoms with Gasteiger partial charge in [0.15, 0.2) is 0 Å².